The van der Waals surface area contributed by atoms with Gasteiger partial charge in [0.2, 0.25) is 0 Å². The maximum Gasteiger partial charge on any atom is 0.339 e. The summed E-state index contributed by atoms with van der Waals surface area (Å²) in [6.45, 7) is 0. The van der Waals surface area contributed by atoms with Gasteiger partial charge in [0.05, 0.1) is 29.1 Å². The lowest BCUT2D eigenvalue weighted by Crippen LogP contribution is -2.17. The van der Waals surface area contributed by atoms with Crippen molar-refractivity contribution in [3.05, 3.63) is 64.8 Å². The molecule has 0 radical (unpaired) electrons. The van der Waals surface area contributed by atoms with Gasteiger partial charge in [-0.1, -0.05) is 23.7 Å². The second-order valence-electron chi connectivity index (χ2n) is 5.04. The number of ether oxygens (including phenoxy) is 1. The van der Waals surface area contributed by atoms with E-state index < -0.39 is 11.9 Å². The first-order valence-electron chi connectivity index (χ1n) is 7.36. The molecule has 0 bridgehead atoms. The van der Waals surface area contributed by atoms with Crippen LogP contribution in [0, 0.1) is 11.3 Å². The summed E-state index contributed by atoms with van der Waals surface area (Å²) in [5.74, 6) is -1.29. The number of nitrogen functional groups attached to an aromatic ring is 1. The van der Waals surface area contributed by atoms with Crippen LogP contribution in [-0.2, 0) is 9.53 Å². The molecule has 132 valence electrons. The number of nitriles is 1. The topological polar surface area (TPSA) is 117 Å². The van der Waals surface area contributed by atoms with E-state index >= 15 is 0 Å². The highest BCUT2D eigenvalue weighted by atomic mass is 35.5. The van der Waals surface area contributed by atoms with Crippen molar-refractivity contribution in [2.24, 2.45) is 0 Å². The number of carbonyl (C=O) groups excluding carboxylic acids is 2. The van der Waals surface area contributed by atoms with Crippen molar-refractivity contribution in [3.8, 4) is 6.07 Å². The zero-order chi connectivity index (χ0) is 19.1. The third-order valence-electron chi connectivity index (χ3n) is 3.31. The van der Waals surface area contributed by atoms with E-state index in [9.17, 15) is 14.9 Å². The molecule has 0 atom stereocenters. The van der Waals surface area contributed by atoms with Gasteiger partial charge in [-0.25, -0.2) is 4.79 Å². The molecule has 0 heterocycles. The first-order valence-corrected chi connectivity index (χ1v) is 7.74. The number of rotatable bonds is 5. The Morgan fingerprint density at radius 2 is 1.96 bits per heavy atom. The Kier molecular flexibility index (Phi) is 6.20. The summed E-state index contributed by atoms with van der Waals surface area (Å²) < 4.78 is 4.67. The number of hydrogen-bond donors (Lipinski definition) is 3. The van der Waals surface area contributed by atoms with Crippen LogP contribution in [0.5, 0.6) is 0 Å². The summed E-state index contributed by atoms with van der Waals surface area (Å²) >= 11 is 6.03. The molecule has 0 saturated carbocycles. The minimum Gasteiger partial charge on any atom is -0.465 e. The lowest BCUT2D eigenvalue weighted by Gasteiger charge is -2.09. The predicted octanol–water partition coefficient (Wildman–Crippen LogP) is 3.17. The molecule has 0 aromatic heterocycles. The predicted molar refractivity (Wildman–Crippen MR) is 99.6 cm³/mol. The molecule has 2 rings (SSSR count). The number of para-hydroxylation sites is 1. The first kappa shape index (κ1) is 18.8. The second kappa shape index (κ2) is 8.55. The van der Waals surface area contributed by atoms with Crippen LogP contribution in [0.1, 0.15) is 10.4 Å². The summed E-state index contributed by atoms with van der Waals surface area (Å²) in [6.07, 6.45) is 1.22. The molecule has 0 fully saturated rings. The van der Waals surface area contributed by atoms with E-state index in [2.05, 4.69) is 15.4 Å². The normalized spacial score (nSPS) is 10.6. The van der Waals surface area contributed by atoms with Gasteiger partial charge in [-0.3, -0.25) is 4.79 Å². The Balaban J connectivity index is 2.19. The van der Waals surface area contributed by atoms with Crippen LogP contribution < -0.4 is 16.4 Å². The van der Waals surface area contributed by atoms with Gasteiger partial charge < -0.3 is 21.1 Å². The van der Waals surface area contributed by atoms with E-state index in [-0.39, 0.29) is 16.8 Å². The molecule has 4 N–H and O–H groups in total. The van der Waals surface area contributed by atoms with Crippen molar-refractivity contribution in [2.75, 3.05) is 23.5 Å². The van der Waals surface area contributed by atoms with Crippen LogP contribution in [0.2, 0.25) is 5.02 Å². The Morgan fingerprint density at radius 3 is 2.62 bits per heavy atom. The molecule has 8 heteroatoms. The number of benzene rings is 2. The Hall–Kier alpha value is -3.50. The minimum absolute atomic E-state index is 0.176. The smallest absolute Gasteiger partial charge is 0.339 e. The minimum atomic E-state index is -0.692. The highest BCUT2D eigenvalue weighted by molar-refractivity contribution is 6.33. The molecule has 0 aliphatic heterocycles. The average Bonchev–Trinajstić information content (AvgIpc) is 2.63. The number of amides is 1. The van der Waals surface area contributed by atoms with E-state index in [4.69, 9.17) is 17.3 Å². The molecule has 0 aliphatic rings. The molecule has 7 nitrogen and oxygen atoms in total. The van der Waals surface area contributed by atoms with Gasteiger partial charge >= 0.3 is 5.97 Å². The molecular formula is C18H15ClN4O3. The lowest BCUT2D eigenvalue weighted by atomic mass is 10.1. The molecule has 0 unspecified atom stereocenters. The Labute approximate surface area is 155 Å². The number of methoxy groups -OCH3 is 1. The van der Waals surface area contributed by atoms with Gasteiger partial charge in [-0.15, -0.1) is 0 Å². The maximum atomic E-state index is 12.3. The zero-order valence-corrected chi connectivity index (χ0v) is 14.5. The molecule has 0 spiro atoms. The third-order valence-corrected chi connectivity index (χ3v) is 3.62. The van der Waals surface area contributed by atoms with E-state index in [1.54, 1.807) is 30.3 Å². The van der Waals surface area contributed by atoms with Crippen molar-refractivity contribution in [1.29, 1.82) is 5.26 Å². The van der Waals surface area contributed by atoms with Crippen LogP contribution in [-0.4, -0.2) is 19.0 Å². The summed E-state index contributed by atoms with van der Waals surface area (Å²) in [7, 11) is 1.24. The number of nitrogens with two attached hydrogens (primary N) is 1. The maximum absolute atomic E-state index is 12.3. The van der Waals surface area contributed by atoms with Gasteiger partial charge in [-0.05, 0) is 30.3 Å². The number of nitrogens with zero attached hydrogens (tertiary/aromatic N) is 1. The first-order chi connectivity index (χ1) is 12.5. The van der Waals surface area contributed by atoms with E-state index in [0.29, 0.717) is 16.4 Å². The molecule has 1 amide bonds. The van der Waals surface area contributed by atoms with Crippen LogP contribution in [0.25, 0.3) is 0 Å². The summed E-state index contributed by atoms with van der Waals surface area (Å²) in [6, 6.07) is 12.9. The Bertz CT molecular complexity index is 919. The van der Waals surface area contributed by atoms with Crippen molar-refractivity contribution in [1.82, 2.24) is 0 Å². The molecular weight excluding hydrogens is 356 g/mol. The highest BCUT2D eigenvalue weighted by Crippen LogP contribution is 2.24. The van der Waals surface area contributed by atoms with Gasteiger partial charge in [0, 0.05) is 11.9 Å². The van der Waals surface area contributed by atoms with Crippen LogP contribution in [0.4, 0.5) is 17.1 Å². The summed E-state index contributed by atoms with van der Waals surface area (Å²) in [5.41, 5.74) is 6.78. The quantitative estimate of drug-likeness (QED) is 0.322. The molecule has 2 aromatic carbocycles. The van der Waals surface area contributed by atoms with Gasteiger partial charge in [0.25, 0.3) is 5.91 Å². The van der Waals surface area contributed by atoms with E-state index in [0.717, 1.165) is 0 Å². The fourth-order valence-electron chi connectivity index (χ4n) is 2.02. The molecule has 2 aromatic rings. The number of esters is 1. The fraction of sp³-hybridized carbons (Fsp3) is 0.0556. The second-order valence-corrected chi connectivity index (χ2v) is 5.45. The van der Waals surface area contributed by atoms with Crippen molar-refractivity contribution in [3.63, 3.8) is 0 Å². The van der Waals surface area contributed by atoms with Gasteiger partial charge in [-0.2, -0.15) is 5.26 Å². The number of halogens is 1. The molecule has 0 aliphatic carbocycles. The number of anilines is 3. The van der Waals surface area contributed by atoms with E-state index in [1.165, 1.54) is 31.5 Å². The monoisotopic (exact) mass is 370 g/mol. The lowest BCUT2D eigenvalue weighted by molar-refractivity contribution is -0.112. The van der Waals surface area contributed by atoms with Gasteiger partial charge in [0.1, 0.15) is 11.6 Å². The largest absolute Gasteiger partial charge is 0.465 e. The highest BCUT2D eigenvalue weighted by Gasteiger charge is 2.15. The number of nitrogens with one attached hydrogen (secondary N) is 2. The van der Waals surface area contributed by atoms with Crippen LogP contribution in [0.3, 0.4) is 0 Å². The number of carbonyl (C=O) groups is 2. The van der Waals surface area contributed by atoms with Crippen LogP contribution >= 0.6 is 11.6 Å². The number of hydrogen-bond acceptors (Lipinski definition) is 6. The molecule has 26 heavy (non-hydrogen) atoms. The molecule has 0 saturated heterocycles. The van der Waals surface area contributed by atoms with Crippen LogP contribution in [0.15, 0.2) is 54.2 Å². The van der Waals surface area contributed by atoms with Crippen molar-refractivity contribution in [2.45, 2.75) is 0 Å². The average molecular weight is 371 g/mol. The Morgan fingerprint density at radius 1 is 1.23 bits per heavy atom. The SMILES string of the molecule is COC(=O)c1ccccc1NC(=O)/C(C#N)=C\Nc1ccc(N)cc1Cl. The van der Waals surface area contributed by atoms with Crippen molar-refractivity contribution >= 4 is 40.5 Å². The summed E-state index contributed by atoms with van der Waals surface area (Å²) in [4.78, 5) is 24.1. The van der Waals surface area contributed by atoms with Crippen molar-refractivity contribution < 1.29 is 14.3 Å². The zero-order valence-electron chi connectivity index (χ0n) is 13.7. The third kappa shape index (κ3) is 4.53. The fourth-order valence-corrected chi connectivity index (χ4v) is 2.26. The van der Waals surface area contributed by atoms with Gasteiger partial charge in [0.15, 0.2) is 0 Å². The van der Waals surface area contributed by atoms with E-state index in [1.807, 2.05) is 0 Å². The summed E-state index contributed by atoms with van der Waals surface area (Å²) in [5, 5.41) is 14.9. The standard InChI is InChI=1S/C18H15ClN4O3/c1-26-18(25)13-4-2-3-5-15(13)23-17(24)11(9-20)10-22-16-7-6-12(21)8-14(16)19/h2-8,10,22H,21H2,1H3,(H,23,24)/b11-10-.